The first-order valence-electron chi connectivity index (χ1n) is 18.2. The van der Waals surface area contributed by atoms with Gasteiger partial charge in [0.2, 0.25) is 35.4 Å². The summed E-state index contributed by atoms with van der Waals surface area (Å²) >= 11 is 0. The van der Waals surface area contributed by atoms with Gasteiger partial charge in [-0.15, -0.1) is 0 Å². The monoisotopic (exact) mass is 775 g/mol. The van der Waals surface area contributed by atoms with E-state index in [1.165, 1.54) is 24.0 Å². The van der Waals surface area contributed by atoms with Crippen molar-refractivity contribution in [2.75, 3.05) is 19.6 Å². The minimum absolute atomic E-state index is 0.0194. The fourth-order valence-corrected chi connectivity index (χ4v) is 5.36. The zero-order valence-electron chi connectivity index (χ0n) is 33.2. The smallest absolute Gasteiger partial charge is 0.444 e. The molecule has 18 heteroatoms. The Kier molecular flexibility index (Phi) is 16.9. The third-order valence-corrected chi connectivity index (χ3v) is 7.78. The zero-order valence-corrected chi connectivity index (χ0v) is 33.2. The van der Waals surface area contributed by atoms with Crippen LogP contribution >= 0.6 is 0 Å². The van der Waals surface area contributed by atoms with Crippen LogP contribution in [-0.2, 0) is 44.7 Å². The summed E-state index contributed by atoms with van der Waals surface area (Å²) in [6.07, 6.45) is -0.666. The van der Waals surface area contributed by atoms with Gasteiger partial charge >= 0.3 is 12.2 Å². The molecule has 1 aliphatic rings. The van der Waals surface area contributed by atoms with Gasteiger partial charge in [0.15, 0.2) is 0 Å². The van der Waals surface area contributed by atoms with Gasteiger partial charge in [-0.3, -0.25) is 28.8 Å². The second-order valence-electron chi connectivity index (χ2n) is 15.7. The van der Waals surface area contributed by atoms with Crippen molar-refractivity contribution in [2.45, 2.75) is 123 Å². The molecule has 1 heterocycles. The van der Waals surface area contributed by atoms with Gasteiger partial charge in [0.05, 0.1) is 13.1 Å². The molecule has 1 fully saturated rings. The van der Waals surface area contributed by atoms with E-state index in [0.717, 1.165) is 0 Å². The Morgan fingerprint density at radius 1 is 0.782 bits per heavy atom. The van der Waals surface area contributed by atoms with E-state index in [0.29, 0.717) is 18.4 Å². The predicted molar refractivity (Wildman–Crippen MR) is 199 cm³/mol. The number of primary amides is 1. The van der Waals surface area contributed by atoms with Gasteiger partial charge in [-0.2, -0.15) is 0 Å². The number of alkyl carbamates (subject to hydrolysis) is 1. The van der Waals surface area contributed by atoms with Crippen LogP contribution in [0.5, 0.6) is 5.75 Å². The maximum Gasteiger partial charge on any atom is 0.514 e. The normalized spacial score (nSPS) is 15.8. The molecule has 1 aromatic carbocycles. The SMILES string of the molecule is CC(C)C[C@H](NC(=O)[C@H]1CCCN1C(=O)CNC(=O)[C@H](C)NC(=O)[C@H](Cc1ccc(OC(=O)OC(C)(C)C)cc1)NC(=O)OC(C)(C)C)C(=O)NCC(N)=O. The highest BCUT2D eigenvalue weighted by molar-refractivity contribution is 5.95. The Hall–Kier alpha value is -5.42. The Bertz CT molecular complexity index is 1550. The van der Waals surface area contributed by atoms with Crippen molar-refractivity contribution in [3.8, 4) is 5.75 Å². The number of likely N-dealkylation sites (tertiary alicyclic amines) is 1. The van der Waals surface area contributed by atoms with Crippen LogP contribution in [0.2, 0.25) is 0 Å². The molecular weight excluding hydrogens is 718 g/mol. The second-order valence-corrected chi connectivity index (χ2v) is 15.7. The van der Waals surface area contributed by atoms with Gasteiger partial charge in [-0.1, -0.05) is 26.0 Å². The number of carbonyl (C=O) groups is 8. The number of nitrogens with two attached hydrogens (primary N) is 1. The first-order chi connectivity index (χ1) is 25.4. The molecule has 4 atom stereocenters. The highest BCUT2D eigenvalue weighted by Gasteiger charge is 2.36. The molecule has 306 valence electrons. The average Bonchev–Trinajstić information content (AvgIpc) is 3.54. The number of hydrogen-bond acceptors (Lipinski definition) is 11. The molecule has 2 rings (SSSR count). The zero-order chi connectivity index (χ0) is 41.7. The van der Waals surface area contributed by atoms with E-state index >= 15 is 0 Å². The lowest BCUT2D eigenvalue weighted by Crippen LogP contribution is -2.56. The van der Waals surface area contributed by atoms with Crippen LogP contribution in [0, 0.1) is 5.92 Å². The first kappa shape index (κ1) is 45.7. The Morgan fingerprint density at radius 2 is 1.38 bits per heavy atom. The summed E-state index contributed by atoms with van der Waals surface area (Å²) in [5, 5.41) is 12.6. The van der Waals surface area contributed by atoms with Crippen molar-refractivity contribution in [3.63, 3.8) is 0 Å². The number of ether oxygens (including phenoxy) is 3. The molecule has 1 aromatic rings. The lowest BCUT2D eigenvalue weighted by molar-refractivity contribution is -0.140. The van der Waals surface area contributed by atoms with Gasteiger partial charge in [-0.25, -0.2) is 9.59 Å². The molecule has 7 N–H and O–H groups in total. The molecule has 7 amide bonds. The summed E-state index contributed by atoms with van der Waals surface area (Å²) in [6.45, 7) is 14.6. The molecule has 55 heavy (non-hydrogen) atoms. The van der Waals surface area contributed by atoms with Gasteiger partial charge in [-0.05, 0) is 91.3 Å². The van der Waals surface area contributed by atoms with Crippen LogP contribution in [0.4, 0.5) is 9.59 Å². The van der Waals surface area contributed by atoms with Crippen molar-refractivity contribution >= 4 is 47.7 Å². The number of nitrogens with zero attached hydrogens (tertiary/aromatic N) is 1. The van der Waals surface area contributed by atoms with Gasteiger partial charge in [0.1, 0.15) is 41.1 Å². The van der Waals surface area contributed by atoms with Crippen LogP contribution in [-0.4, -0.2) is 108 Å². The number of nitrogens with one attached hydrogen (secondary N) is 5. The average molecular weight is 776 g/mol. The number of carbonyl (C=O) groups excluding carboxylic acids is 8. The van der Waals surface area contributed by atoms with Crippen LogP contribution in [0.3, 0.4) is 0 Å². The quantitative estimate of drug-likeness (QED) is 0.103. The van der Waals surface area contributed by atoms with E-state index < -0.39 is 89.6 Å². The number of rotatable bonds is 16. The van der Waals surface area contributed by atoms with Crippen molar-refractivity contribution in [1.29, 1.82) is 0 Å². The Labute approximate surface area is 321 Å². The van der Waals surface area contributed by atoms with E-state index in [9.17, 15) is 38.4 Å². The molecule has 18 nitrogen and oxygen atoms in total. The third kappa shape index (κ3) is 17.1. The summed E-state index contributed by atoms with van der Waals surface area (Å²) in [7, 11) is 0. The predicted octanol–water partition coefficient (Wildman–Crippen LogP) is 1.18. The molecule has 0 aromatic heterocycles. The van der Waals surface area contributed by atoms with Gasteiger partial charge in [0, 0.05) is 13.0 Å². The maximum absolute atomic E-state index is 13.4. The lowest BCUT2D eigenvalue weighted by Gasteiger charge is -2.27. The first-order valence-corrected chi connectivity index (χ1v) is 18.2. The van der Waals surface area contributed by atoms with Crippen LogP contribution in [0.25, 0.3) is 0 Å². The molecule has 0 unspecified atom stereocenters. The number of benzene rings is 1. The highest BCUT2D eigenvalue weighted by atomic mass is 16.7. The fourth-order valence-electron chi connectivity index (χ4n) is 5.36. The largest absolute Gasteiger partial charge is 0.514 e. The van der Waals surface area contributed by atoms with Crippen molar-refractivity contribution in [1.82, 2.24) is 31.5 Å². The standard InChI is InChI=1S/C37H57N7O11/c1-21(2)17-25(31(48)39-19-28(38)45)42-33(50)27-11-10-16-44(27)29(46)20-40-30(47)22(3)41-32(49)26(43-34(51)54-36(4,5)6)18-23-12-14-24(15-13-23)53-35(52)55-37(7,8)9/h12-15,21-22,25-27H,10-11,16-20H2,1-9H3,(H2,38,45)(H,39,48)(H,40,47)(H,41,49)(H,42,50)(H,43,51)/t22-,25-,26-,27+/m0/s1. The molecule has 0 saturated carbocycles. The Balaban J connectivity index is 2.05. The summed E-state index contributed by atoms with van der Waals surface area (Å²) < 4.78 is 15.7. The molecule has 0 radical (unpaired) electrons. The molecule has 0 bridgehead atoms. The topological polar surface area (TPSA) is 254 Å². The molecule has 1 saturated heterocycles. The minimum Gasteiger partial charge on any atom is -0.444 e. The van der Waals surface area contributed by atoms with Crippen LogP contribution in [0.15, 0.2) is 24.3 Å². The van der Waals surface area contributed by atoms with Gasteiger partial charge < -0.3 is 51.4 Å². The van der Waals surface area contributed by atoms with E-state index in [4.69, 9.17) is 19.9 Å². The lowest BCUT2D eigenvalue weighted by atomic mass is 10.0. The van der Waals surface area contributed by atoms with E-state index in [1.807, 2.05) is 13.8 Å². The minimum atomic E-state index is -1.20. The molecule has 0 aliphatic carbocycles. The van der Waals surface area contributed by atoms with Crippen molar-refractivity contribution in [2.24, 2.45) is 11.7 Å². The fraction of sp³-hybridized carbons (Fsp3) is 0.622. The Morgan fingerprint density at radius 3 is 1.95 bits per heavy atom. The van der Waals surface area contributed by atoms with E-state index in [-0.39, 0.29) is 37.6 Å². The van der Waals surface area contributed by atoms with E-state index in [2.05, 4.69) is 26.6 Å². The summed E-state index contributed by atoms with van der Waals surface area (Å²) in [6, 6.07) is 1.97. The summed E-state index contributed by atoms with van der Waals surface area (Å²) in [5.74, 6) is -3.62. The third-order valence-electron chi connectivity index (χ3n) is 7.78. The molecular formula is C37H57N7O11. The number of hydrogen-bond donors (Lipinski definition) is 6. The molecule has 0 spiro atoms. The van der Waals surface area contributed by atoms with Gasteiger partial charge in [0.25, 0.3) is 0 Å². The van der Waals surface area contributed by atoms with Crippen LogP contribution in [0.1, 0.15) is 87.1 Å². The van der Waals surface area contributed by atoms with Crippen molar-refractivity contribution < 1.29 is 52.6 Å². The highest BCUT2D eigenvalue weighted by Crippen LogP contribution is 2.19. The van der Waals surface area contributed by atoms with Crippen LogP contribution < -0.4 is 37.1 Å². The summed E-state index contributed by atoms with van der Waals surface area (Å²) in [4.78, 5) is 103. The molecule has 1 aliphatic heterocycles. The van der Waals surface area contributed by atoms with Crippen molar-refractivity contribution in [3.05, 3.63) is 29.8 Å². The van der Waals surface area contributed by atoms with E-state index in [1.54, 1.807) is 53.7 Å². The summed E-state index contributed by atoms with van der Waals surface area (Å²) in [5.41, 5.74) is 4.08. The maximum atomic E-state index is 13.4. The number of amides is 7. The second kappa shape index (κ2) is 20.3.